The summed E-state index contributed by atoms with van der Waals surface area (Å²) in [5.74, 6) is 0.707. The molecular formula is C18H19ClOS. The normalized spacial score (nSPS) is 15.0. The molecule has 0 aromatic heterocycles. The Balaban J connectivity index is 1.54. The van der Waals surface area contributed by atoms with Crippen molar-refractivity contribution in [2.75, 3.05) is 5.75 Å². The molecule has 3 heteroatoms. The largest absolute Gasteiger partial charge is 0.392 e. The SMILES string of the molecule is OC(CSc1ccc(Cl)cc1)Cc1ccc2c(c1)CCC2. The van der Waals surface area contributed by atoms with Gasteiger partial charge in [0.05, 0.1) is 6.10 Å². The molecule has 2 aromatic rings. The van der Waals surface area contributed by atoms with Crippen molar-refractivity contribution in [2.45, 2.75) is 36.7 Å². The molecule has 1 nitrogen and oxygen atoms in total. The summed E-state index contributed by atoms with van der Waals surface area (Å²) in [6, 6.07) is 14.4. The second-order valence-electron chi connectivity index (χ2n) is 5.58. The fourth-order valence-corrected chi connectivity index (χ4v) is 3.76. The molecule has 1 unspecified atom stereocenters. The van der Waals surface area contributed by atoms with Crippen LogP contribution in [0.15, 0.2) is 47.4 Å². The maximum atomic E-state index is 10.2. The average molecular weight is 319 g/mol. The molecule has 0 bridgehead atoms. The molecule has 110 valence electrons. The summed E-state index contributed by atoms with van der Waals surface area (Å²) in [6.45, 7) is 0. The Labute approximate surface area is 135 Å². The first-order valence-electron chi connectivity index (χ1n) is 7.38. The molecule has 1 N–H and O–H groups in total. The van der Waals surface area contributed by atoms with E-state index in [0.29, 0.717) is 5.75 Å². The summed E-state index contributed by atoms with van der Waals surface area (Å²) in [7, 11) is 0. The average Bonchev–Trinajstić information content (AvgIpc) is 2.94. The first-order valence-corrected chi connectivity index (χ1v) is 8.74. The van der Waals surface area contributed by atoms with Crippen LogP contribution in [0.3, 0.4) is 0 Å². The zero-order valence-electron chi connectivity index (χ0n) is 11.9. The minimum atomic E-state index is -0.315. The van der Waals surface area contributed by atoms with Crippen LogP contribution in [-0.2, 0) is 19.3 Å². The Kier molecular flexibility index (Phi) is 4.89. The molecule has 0 heterocycles. The van der Waals surface area contributed by atoms with Gasteiger partial charge in [0.1, 0.15) is 0 Å². The third-order valence-electron chi connectivity index (χ3n) is 3.89. The molecule has 3 rings (SSSR count). The van der Waals surface area contributed by atoms with Gasteiger partial charge in [0.25, 0.3) is 0 Å². The molecule has 1 atom stereocenters. The van der Waals surface area contributed by atoms with Crippen LogP contribution < -0.4 is 0 Å². The topological polar surface area (TPSA) is 20.2 Å². The lowest BCUT2D eigenvalue weighted by Crippen LogP contribution is -2.13. The number of aliphatic hydroxyl groups excluding tert-OH is 1. The predicted molar refractivity (Wildman–Crippen MR) is 90.4 cm³/mol. The number of aryl methyl sites for hydroxylation is 2. The van der Waals surface area contributed by atoms with E-state index in [1.54, 1.807) is 11.8 Å². The molecule has 1 aliphatic carbocycles. The van der Waals surface area contributed by atoms with Gasteiger partial charge in [-0.05, 0) is 66.6 Å². The number of halogens is 1. The van der Waals surface area contributed by atoms with E-state index in [2.05, 4.69) is 18.2 Å². The van der Waals surface area contributed by atoms with E-state index in [1.807, 2.05) is 24.3 Å². The van der Waals surface area contributed by atoms with E-state index in [1.165, 1.54) is 36.0 Å². The fourth-order valence-electron chi connectivity index (χ4n) is 2.81. The molecule has 0 spiro atoms. The Morgan fingerprint density at radius 1 is 1.05 bits per heavy atom. The molecule has 0 aliphatic heterocycles. The van der Waals surface area contributed by atoms with Crippen LogP contribution in [0, 0.1) is 0 Å². The molecular weight excluding hydrogens is 300 g/mol. The fraction of sp³-hybridized carbons (Fsp3) is 0.333. The van der Waals surface area contributed by atoms with Crippen LogP contribution in [-0.4, -0.2) is 17.0 Å². The van der Waals surface area contributed by atoms with E-state index < -0.39 is 0 Å². The number of hydrogen-bond donors (Lipinski definition) is 1. The van der Waals surface area contributed by atoms with Crippen molar-refractivity contribution < 1.29 is 5.11 Å². The van der Waals surface area contributed by atoms with Crippen molar-refractivity contribution >= 4 is 23.4 Å². The van der Waals surface area contributed by atoms with Crippen LogP contribution in [0.2, 0.25) is 5.02 Å². The highest BCUT2D eigenvalue weighted by Crippen LogP contribution is 2.25. The van der Waals surface area contributed by atoms with Crippen LogP contribution in [0.1, 0.15) is 23.1 Å². The van der Waals surface area contributed by atoms with Gasteiger partial charge >= 0.3 is 0 Å². The van der Waals surface area contributed by atoms with Gasteiger partial charge in [-0.2, -0.15) is 0 Å². The summed E-state index contributed by atoms with van der Waals surface area (Å²) in [5.41, 5.74) is 4.22. The van der Waals surface area contributed by atoms with Gasteiger partial charge < -0.3 is 5.11 Å². The van der Waals surface area contributed by atoms with E-state index >= 15 is 0 Å². The number of benzene rings is 2. The number of aliphatic hydroxyl groups is 1. The number of hydrogen-bond acceptors (Lipinski definition) is 2. The highest BCUT2D eigenvalue weighted by atomic mass is 35.5. The lowest BCUT2D eigenvalue weighted by Gasteiger charge is -2.11. The Morgan fingerprint density at radius 2 is 1.81 bits per heavy atom. The third kappa shape index (κ3) is 4.03. The number of rotatable bonds is 5. The van der Waals surface area contributed by atoms with Crippen molar-refractivity contribution in [1.82, 2.24) is 0 Å². The van der Waals surface area contributed by atoms with Gasteiger partial charge in [0, 0.05) is 15.7 Å². The molecule has 0 amide bonds. The maximum Gasteiger partial charge on any atom is 0.0674 e. The van der Waals surface area contributed by atoms with Crippen LogP contribution >= 0.6 is 23.4 Å². The lowest BCUT2D eigenvalue weighted by atomic mass is 10.0. The van der Waals surface area contributed by atoms with E-state index in [9.17, 15) is 5.11 Å². The minimum Gasteiger partial charge on any atom is -0.392 e. The number of fused-ring (bicyclic) bond motifs is 1. The van der Waals surface area contributed by atoms with Gasteiger partial charge in [-0.1, -0.05) is 29.8 Å². The summed E-state index contributed by atoms with van der Waals surface area (Å²) in [5, 5.41) is 11.0. The van der Waals surface area contributed by atoms with E-state index in [-0.39, 0.29) is 6.10 Å². The van der Waals surface area contributed by atoms with Crippen molar-refractivity contribution in [3.8, 4) is 0 Å². The van der Waals surface area contributed by atoms with Gasteiger partial charge in [0.2, 0.25) is 0 Å². The molecule has 2 aromatic carbocycles. The molecule has 0 radical (unpaired) electrons. The van der Waals surface area contributed by atoms with Gasteiger partial charge in [-0.3, -0.25) is 0 Å². The summed E-state index contributed by atoms with van der Waals surface area (Å²) in [6.07, 6.45) is 4.09. The Morgan fingerprint density at radius 3 is 2.62 bits per heavy atom. The minimum absolute atomic E-state index is 0.315. The first kappa shape index (κ1) is 15.0. The summed E-state index contributed by atoms with van der Waals surface area (Å²) < 4.78 is 0. The number of thioether (sulfide) groups is 1. The standard InChI is InChI=1S/C18H19ClOS/c19-16-6-8-18(9-7-16)21-12-17(20)11-13-4-5-14-2-1-3-15(14)10-13/h4-10,17,20H,1-3,11-12H2. The van der Waals surface area contributed by atoms with Crippen LogP contribution in [0.4, 0.5) is 0 Å². The highest BCUT2D eigenvalue weighted by molar-refractivity contribution is 7.99. The highest BCUT2D eigenvalue weighted by Gasteiger charge is 2.12. The van der Waals surface area contributed by atoms with Crippen molar-refractivity contribution in [2.24, 2.45) is 0 Å². The monoisotopic (exact) mass is 318 g/mol. The lowest BCUT2D eigenvalue weighted by molar-refractivity contribution is 0.200. The molecule has 21 heavy (non-hydrogen) atoms. The maximum absolute atomic E-state index is 10.2. The van der Waals surface area contributed by atoms with Crippen molar-refractivity contribution in [3.05, 3.63) is 64.2 Å². The smallest absolute Gasteiger partial charge is 0.0674 e. The van der Waals surface area contributed by atoms with Crippen LogP contribution in [0.5, 0.6) is 0 Å². The van der Waals surface area contributed by atoms with Crippen molar-refractivity contribution in [3.63, 3.8) is 0 Å². The zero-order chi connectivity index (χ0) is 14.7. The third-order valence-corrected chi connectivity index (χ3v) is 5.30. The molecule has 0 fully saturated rings. The Hall–Kier alpha value is -0.960. The van der Waals surface area contributed by atoms with Crippen LogP contribution in [0.25, 0.3) is 0 Å². The Bertz CT molecular complexity index is 609. The molecule has 0 saturated carbocycles. The zero-order valence-corrected chi connectivity index (χ0v) is 13.5. The quantitative estimate of drug-likeness (QED) is 0.818. The van der Waals surface area contributed by atoms with Gasteiger partial charge in [-0.25, -0.2) is 0 Å². The summed E-state index contributed by atoms with van der Waals surface area (Å²) >= 11 is 7.54. The molecule has 0 saturated heterocycles. The van der Waals surface area contributed by atoms with Crippen molar-refractivity contribution in [1.29, 1.82) is 0 Å². The van der Waals surface area contributed by atoms with E-state index in [0.717, 1.165) is 16.3 Å². The predicted octanol–water partition coefficient (Wildman–Crippen LogP) is 4.52. The molecule has 1 aliphatic rings. The second kappa shape index (κ2) is 6.87. The second-order valence-corrected chi connectivity index (χ2v) is 7.11. The van der Waals surface area contributed by atoms with E-state index in [4.69, 9.17) is 11.6 Å². The summed E-state index contributed by atoms with van der Waals surface area (Å²) in [4.78, 5) is 1.15. The van der Waals surface area contributed by atoms with Gasteiger partial charge in [0.15, 0.2) is 0 Å². The first-order chi connectivity index (χ1) is 10.2. The van der Waals surface area contributed by atoms with Gasteiger partial charge in [-0.15, -0.1) is 11.8 Å².